The van der Waals surface area contributed by atoms with Crippen LogP contribution in [0.1, 0.15) is 45.6 Å². The number of nitrogens with two attached hydrogens (primary N) is 1. The molecule has 0 fully saturated rings. The molecule has 20 heavy (non-hydrogen) atoms. The monoisotopic (exact) mass is 285 g/mol. The summed E-state index contributed by atoms with van der Waals surface area (Å²) in [5, 5.41) is 0. The number of ether oxygens (including phenoxy) is 1. The second kappa shape index (κ2) is 8.20. The Hall–Kier alpha value is -1.16. The van der Waals surface area contributed by atoms with Gasteiger partial charge in [0.05, 0.1) is 6.61 Å². The Balaban J connectivity index is 2.64. The highest BCUT2D eigenvalue weighted by molar-refractivity contribution is 5.31. The average molecular weight is 285 g/mol. The topological polar surface area (TPSA) is 35.2 Å². The minimum absolute atomic E-state index is 0.0772. The third-order valence-electron chi connectivity index (χ3n) is 3.25. The lowest BCUT2D eigenvalue weighted by Gasteiger charge is -2.13. The number of benzene rings is 1. The van der Waals surface area contributed by atoms with Crippen molar-refractivity contribution in [2.24, 2.45) is 11.7 Å². The van der Waals surface area contributed by atoms with Crippen molar-refractivity contribution in [2.45, 2.75) is 52.5 Å². The van der Waals surface area contributed by atoms with Gasteiger partial charge in [-0.05, 0) is 49.3 Å². The lowest BCUT2D eigenvalue weighted by atomic mass is 10.0. The summed E-state index contributed by atoms with van der Waals surface area (Å²) < 4.78 is 32.9. The zero-order valence-corrected chi connectivity index (χ0v) is 12.6. The van der Waals surface area contributed by atoms with Crippen molar-refractivity contribution in [3.8, 4) is 5.75 Å². The SMILES string of the molecule is CCC(N)Cc1cc(F)c(OCCCC(C)C)c(F)c1. The van der Waals surface area contributed by atoms with E-state index in [9.17, 15) is 8.78 Å². The summed E-state index contributed by atoms with van der Waals surface area (Å²) >= 11 is 0. The van der Waals surface area contributed by atoms with Crippen molar-refractivity contribution in [3.63, 3.8) is 0 Å². The maximum Gasteiger partial charge on any atom is 0.190 e. The molecule has 4 heteroatoms. The summed E-state index contributed by atoms with van der Waals surface area (Å²) in [5.41, 5.74) is 6.37. The van der Waals surface area contributed by atoms with Crippen LogP contribution >= 0.6 is 0 Å². The summed E-state index contributed by atoms with van der Waals surface area (Å²) in [6, 6.07) is 2.55. The van der Waals surface area contributed by atoms with Gasteiger partial charge in [-0.25, -0.2) is 8.78 Å². The molecular weight excluding hydrogens is 260 g/mol. The molecule has 1 unspecified atom stereocenters. The van der Waals surface area contributed by atoms with Gasteiger partial charge in [0, 0.05) is 6.04 Å². The van der Waals surface area contributed by atoms with Crippen LogP contribution < -0.4 is 10.5 Å². The van der Waals surface area contributed by atoms with Crippen LogP contribution in [0.2, 0.25) is 0 Å². The molecule has 1 rings (SSSR count). The van der Waals surface area contributed by atoms with Crippen LogP contribution in [0.3, 0.4) is 0 Å². The molecule has 114 valence electrons. The molecule has 0 aliphatic heterocycles. The van der Waals surface area contributed by atoms with E-state index in [4.69, 9.17) is 10.5 Å². The van der Waals surface area contributed by atoms with E-state index in [1.165, 1.54) is 12.1 Å². The van der Waals surface area contributed by atoms with E-state index >= 15 is 0 Å². The Morgan fingerprint density at radius 3 is 2.30 bits per heavy atom. The van der Waals surface area contributed by atoms with Crippen molar-refractivity contribution in [2.75, 3.05) is 6.61 Å². The minimum Gasteiger partial charge on any atom is -0.488 e. The minimum atomic E-state index is -0.646. The third kappa shape index (κ3) is 5.45. The molecule has 0 heterocycles. The fourth-order valence-corrected chi connectivity index (χ4v) is 1.98. The molecule has 2 N–H and O–H groups in total. The number of rotatable bonds is 8. The molecule has 1 atom stereocenters. The Bertz CT molecular complexity index is 398. The van der Waals surface area contributed by atoms with E-state index < -0.39 is 11.6 Å². The zero-order valence-electron chi connectivity index (χ0n) is 12.6. The normalized spacial score (nSPS) is 12.8. The standard InChI is InChI=1S/C16H25F2NO/c1-4-13(19)8-12-9-14(17)16(15(18)10-12)20-7-5-6-11(2)3/h9-11,13H,4-8,19H2,1-3H3. The molecular formula is C16H25F2NO. The third-order valence-corrected chi connectivity index (χ3v) is 3.25. The van der Waals surface area contributed by atoms with Gasteiger partial charge in [0.2, 0.25) is 0 Å². The zero-order chi connectivity index (χ0) is 15.1. The maximum absolute atomic E-state index is 13.8. The molecule has 0 saturated carbocycles. The predicted molar refractivity (Wildman–Crippen MR) is 77.9 cm³/mol. The molecule has 0 aliphatic carbocycles. The summed E-state index contributed by atoms with van der Waals surface area (Å²) in [6.45, 7) is 6.49. The summed E-state index contributed by atoms with van der Waals surface area (Å²) in [7, 11) is 0. The number of halogens is 2. The van der Waals surface area contributed by atoms with Crippen LogP contribution in [0.4, 0.5) is 8.78 Å². The van der Waals surface area contributed by atoms with Gasteiger partial charge in [-0.3, -0.25) is 0 Å². The van der Waals surface area contributed by atoms with Crippen molar-refractivity contribution in [1.82, 2.24) is 0 Å². The lowest BCUT2D eigenvalue weighted by molar-refractivity contribution is 0.270. The van der Waals surface area contributed by atoms with Gasteiger partial charge in [-0.2, -0.15) is 0 Å². The average Bonchev–Trinajstić information content (AvgIpc) is 2.36. The van der Waals surface area contributed by atoms with Crippen LogP contribution in [-0.2, 0) is 6.42 Å². The van der Waals surface area contributed by atoms with E-state index in [0.717, 1.165) is 19.3 Å². The molecule has 0 saturated heterocycles. The van der Waals surface area contributed by atoms with Crippen molar-refractivity contribution >= 4 is 0 Å². The van der Waals surface area contributed by atoms with E-state index in [0.29, 0.717) is 24.5 Å². The van der Waals surface area contributed by atoms with Gasteiger partial charge in [0.1, 0.15) is 0 Å². The summed E-state index contributed by atoms with van der Waals surface area (Å²) in [4.78, 5) is 0. The molecule has 0 radical (unpaired) electrons. The van der Waals surface area contributed by atoms with Gasteiger partial charge in [-0.1, -0.05) is 20.8 Å². The number of hydrogen-bond donors (Lipinski definition) is 1. The second-order valence-electron chi connectivity index (χ2n) is 5.65. The lowest BCUT2D eigenvalue weighted by Crippen LogP contribution is -2.21. The summed E-state index contributed by atoms with van der Waals surface area (Å²) in [5.74, 6) is -1.01. The first kappa shape index (κ1) is 16.9. The highest BCUT2D eigenvalue weighted by Gasteiger charge is 2.14. The van der Waals surface area contributed by atoms with Crippen molar-refractivity contribution in [3.05, 3.63) is 29.3 Å². The summed E-state index contributed by atoms with van der Waals surface area (Å²) in [6.07, 6.45) is 3.01. The highest BCUT2D eigenvalue weighted by atomic mass is 19.1. The fourth-order valence-electron chi connectivity index (χ4n) is 1.98. The first-order chi connectivity index (χ1) is 9.43. The molecule has 0 amide bonds. The maximum atomic E-state index is 13.8. The quantitative estimate of drug-likeness (QED) is 0.731. The van der Waals surface area contributed by atoms with Crippen LogP contribution in [0.5, 0.6) is 5.75 Å². The van der Waals surface area contributed by atoms with Crippen LogP contribution in [-0.4, -0.2) is 12.6 Å². The van der Waals surface area contributed by atoms with E-state index in [-0.39, 0.29) is 11.8 Å². The predicted octanol–water partition coefficient (Wildman–Crippen LogP) is 4.06. The second-order valence-corrected chi connectivity index (χ2v) is 5.65. The smallest absolute Gasteiger partial charge is 0.190 e. The molecule has 0 bridgehead atoms. The first-order valence-corrected chi connectivity index (χ1v) is 7.30. The molecule has 2 nitrogen and oxygen atoms in total. The van der Waals surface area contributed by atoms with Gasteiger partial charge in [-0.15, -0.1) is 0 Å². The molecule has 0 spiro atoms. The van der Waals surface area contributed by atoms with Gasteiger partial charge < -0.3 is 10.5 Å². The van der Waals surface area contributed by atoms with E-state index in [1.54, 1.807) is 0 Å². The van der Waals surface area contributed by atoms with Crippen LogP contribution in [0, 0.1) is 17.6 Å². The van der Waals surface area contributed by atoms with Crippen molar-refractivity contribution in [1.29, 1.82) is 0 Å². The molecule has 1 aromatic rings. The van der Waals surface area contributed by atoms with Gasteiger partial charge in [0.25, 0.3) is 0 Å². The Labute approximate surface area is 120 Å². The van der Waals surface area contributed by atoms with Crippen LogP contribution in [0.15, 0.2) is 12.1 Å². The first-order valence-electron chi connectivity index (χ1n) is 7.30. The Morgan fingerprint density at radius 2 is 1.80 bits per heavy atom. The molecule has 1 aromatic carbocycles. The highest BCUT2D eigenvalue weighted by Crippen LogP contribution is 2.24. The fraction of sp³-hybridized carbons (Fsp3) is 0.625. The molecule has 0 aromatic heterocycles. The Kier molecular flexibility index (Phi) is 6.93. The van der Waals surface area contributed by atoms with Crippen molar-refractivity contribution < 1.29 is 13.5 Å². The van der Waals surface area contributed by atoms with Gasteiger partial charge >= 0.3 is 0 Å². The van der Waals surface area contributed by atoms with E-state index in [1.807, 2.05) is 6.92 Å². The van der Waals surface area contributed by atoms with E-state index in [2.05, 4.69) is 13.8 Å². The Morgan fingerprint density at radius 1 is 1.20 bits per heavy atom. The largest absolute Gasteiger partial charge is 0.488 e. The molecule has 0 aliphatic rings. The van der Waals surface area contributed by atoms with Crippen LogP contribution in [0.25, 0.3) is 0 Å². The van der Waals surface area contributed by atoms with Gasteiger partial charge in [0.15, 0.2) is 17.4 Å². The number of hydrogen-bond acceptors (Lipinski definition) is 2.